The van der Waals surface area contributed by atoms with Gasteiger partial charge in [0.05, 0.1) is 10.6 Å². The minimum absolute atomic E-state index is 0.0828. The van der Waals surface area contributed by atoms with Gasteiger partial charge in [0.15, 0.2) is 0 Å². The van der Waals surface area contributed by atoms with Crippen molar-refractivity contribution in [2.75, 3.05) is 10.8 Å². The van der Waals surface area contributed by atoms with Crippen molar-refractivity contribution in [3.05, 3.63) is 96.1 Å². The van der Waals surface area contributed by atoms with E-state index in [4.69, 9.17) is 0 Å². The number of carbonyl (C=O) groups is 2. The second kappa shape index (κ2) is 12.3. The number of anilines is 1. The van der Waals surface area contributed by atoms with E-state index in [1.807, 2.05) is 58.9 Å². The lowest BCUT2D eigenvalue weighted by atomic mass is 10.0. The summed E-state index contributed by atoms with van der Waals surface area (Å²) >= 11 is 0. The molecule has 1 atom stereocenters. The Hall–Kier alpha value is -3.65. The lowest BCUT2D eigenvalue weighted by Gasteiger charge is -2.34. The molecule has 0 heterocycles. The van der Waals surface area contributed by atoms with Crippen LogP contribution in [0.25, 0.3) is 0 Å². The van der Waals surface area contributed by atoms with E-state index in [0.717, 1.165) is 15.4 Å². The summed E-state index contributed by atoms with van der Waals surface area (Å²) in [6.07, 6.45) is 0.371. The Morgan fingerprint density at radius 3 is 2.05 bits per heavy atom. The molecule has 0 bridgehead atoms. The van der Waals surface area contributed by atoms with Crippen LogP contribution in [-0.4, -0.2) is 43.3 Å². The summed E-state index contributed by atoms with van der Waals surface area (Å²) in [5, 5.41) is 2.98. The van der Waals surface area contributed by atoms with Crippen LogP contribution in [0.3, 0.4) is 0 Å². The molecule has 0 saturated heterocycles. The average Bonchev–Trinajstić information content (AvgIpc) is 2.87. The molecule has 0 spiro atoms. The van der Waals surface area contributed by atoms with Crippen molar-refractivity contribution in [1.82, 2.24) is 10.2 Å². The van der Waals surface area contributed by atoms with Gasteiger partial charge in [0, 0.05) is 12.1 Å². The van der Waals surface area contributed by atoms with Crippen LogP contribution >= 0.6 is 0 Å². The second-order valence-electron chi connectivity index (χ2n) is 10.3. The Labute approximate surface area is 226 Å². The van der Waals surface area contributed by atoms with Crippen molar-refractivity contribution in [1.29, 1.82) is 0 Å². The van der Waals surface area contributed by atoms with Gasteiger partial charge in [0.25, 0.3) is 10.0 Å². The molecule has 8 heteroatoms. The molecule has 7 nitrogen and oxygen atoms in total. The fraction of sp³-hybridized carbons (Fsp3) is 0.333. The number of nitrogens with zero attached hydrogens (tertiary/aromatic N) is 2. The van der Waals surface area contributed by atoms with Crippen LogP contribution < -0.4 is 9.62 Å². The highest BCUT2D eigenvalue weighted by Crippen LogP contribution is 2.24. The van der Waals surface area contributed by atoms with Crippen molar-refractivity contribution in [2.24, 2.45) is 0 Å². The highest BCUT2D eigenvalue weighted by atomic mass is 32.2. The van der Waals surface area contributed by atoms with Gasteiger partial charge in [-0.05, 0) is 63.9 Å². The standard InChI is InChI=1S/C30H37N3O4S/c1-6-27(29(35)31-30(3,4)5)32(21-24-15-13-14-23(2)20-24)28(34)22-33(25-16-9-7-10-17-25)38(36,37)26-18-11-8-12-19-26/h7-20,27H,6,21-22H2,1-5H3,(H,31,35)/t27-/m1/s1. The molecule has 0 aliphatic heterocycles. The zero-order valence-corrected chi connectivity index (χ0v) is 23.5. The number of rotatable bonds is 10. The number of carbonyl (C=O) groups excluding carboxylic acids is 2. The van der Waals surface area contributed by atoms with Crippen molar-refractivity contribution < 1.29 is 18.0 Å². The number of benzene rings is 3. The van der Waals surface area contributed by atoms with Gasteiger partial charge in [-0.25, -0.2) is 8.42 Å². The first-order chi connectivity index (χ1) is 17.9. The van der Waals surface area contributed by atoms with E-state index < -0.39 is 34.1 Å². The predicted molar refractivity (Wildman–Crippen MR) is 151 cm³/mol. The SMILES string of the molecule is CC[C@H](C(=O)NC(C)(C)C)N(Cc1cccc(C)c1)C(=O)CN(c1ccccc1)S(=O)(=O)c1ccccc1. The minimum atomic E-state index is -4.06. The summed E-state index contributed by atoms with van der Waals surface area (Å²) < 4.78 is 28.6. The molecular formula is C30H37N3O4S. The van der Waals surface area contributed by atoms with Crippen molar-refractivity contribution in [3.8, 4) is 0 Å². The summed E-state index contributed by atoms with van der Waals surface area (Å²) in [6.45, 7) is 9.18. The number of amides is 2. The van der Waals surface area contributed by atoms with E-state index >= 15 is 0 Å². The number of nitrogens with one attached hydrogen (secondary N) is 1. The maximum atomic E-state index is 14.0. The molecule has 0 aliphatic carbocycles. The van der Waals surface area contributed by atoms with Crippen molar-refractivity contribution in [3.63, 3.8) is 0 Å². The molecule has 0 aromatic heterocycles. The lowest BCUT2D eigenvalue weighted by Crippen LogP contribution is -2.55. The highest BCUT2D eigenvalue weighted by molar-refractivity contribution is 7.92. The Kier molecular flexibility index (Phi) is 9.33. The zero-order valence-electron chi connectivity index (χ0n) is 22.7. The van der Waals surface area contributed by atoms with Gasteiger partial charge in [-0.1, -0.05) is 73.2 Å². The fourth-order valence-electron chi connectivity index (χ4n) is 4.22. The van der Waals surface area contributed by atoms with E-state index in [9.17, 15) is 18.0 Å². The Morgan fingerprint density at radius 1 is 0.895 bits per heavy atom. The molecule has 3 rings (SSSR count). The van der Waals surface area contributed by atoms with Gasteiger partial charge in [-0.3, -0.25) is 13.9 Å². The predicted octanol–water partition coefficient (Wildman–Crippen LogP) is 4.91. The topological polar surface area (TPSA) is 86.8 Å². The Balaban J connectivity index is 2.04. The number of para-hydroxylation sites is 1. The minimum Gasteiger partial charge on any atom is -0.350 e. The normalized spacial score (nSPS) is 12.4. The monoisotopic (exact) mass is 535 g/mol. The smallest absolute Gasteiger partial charge is 0.264 e. The molecule has 2 amide bonds. The van der Waals surface area contributed by atoms with E-state index in [1.54, 1.807) is 48.5 Å². The van der Waals surface area contributed by atoms with Crippen LogP contribution in [0.4, 0.5) is 5.69 Å². The first-order valence-corrected chi connectivity index (χ1v) is 14.2. The number of aryl methyl sites for hydroxylation is 1. The number of hydrogen-bond donors (Lipinski definition) is 1. The summed E-state index contributed by atoms with van der Waals surface area (Å²) in [5.41, 5.74) is 1.76. The van der Waals surface area contributed by atoms with E-state index in [-0.39, 0.29) is 17.3 Å². The molecule has 0 saturated carbocycles. The van der Waals surface area contributed by atoms with Crippen LogP contribution in [0.5, 0.6) is 0 Å². The molecule has 0 unspecified atom stereocenters. The van der Waals surface area contributed by atoms with Gasteiger partial charge < -0.3 is 10.2 Å². The van der Waals surface area contributed by atoms with Gasteiger partial charge in [0.2, 0.25) is 11.8 Å². The van der Waals surface area contributed by atoms with Gasteiger partial charge in [-0.2, -0.15) is 0 Å². The summed E-state index contributed by atoms with van der Waals surface area (Å²) in [6, 6.07) is 23.5. The Bertz CT molecular complexity index is 1340. The first-order valence-electron chi connectivity index (χ1n) is 12.7. The van der Waals surface area contributed by atoms with Gasteiger partial charge >= 0.3 is 0 Å². The van der Waals surface area contributed by atoms with Crippen LogP contribution in [0, 0.1) is 6.92 Å². The van der Waals surface area contributed by atoms with E-state index in [2.05, 4.69) is 5.32 Å². The largest absolute Gasteiger partial charge is 0.350 e. The van der Waals surface area contributed by atoms with E-state index in [1.165, 1.54) is 17.0 Å². The third-order valence-electron chi connectivity index (χ3n) is 5.97. The van der Waals surface area contributed by atoms with Crippen LogP contribution in [-0.2, 0) is 26.2 Å². The van der Waals surface area contributed by atoms with Crippen molar-refractivity contribution in [2.45, 2.75) is 64.1 Å². The molecule has 3 aromatic rings. The average molecular weight is 536 g/mol. The highest BCUT2D eigenvalue weighted by Gasteiger charge is 2.34. The maximum Gasteiger partial charge on any atom is 0.264 e. The summed E-state index contributed by atoms with van der Waals surface area (Å²) in [7, 11) is -4.06. The summed E-state index contributed by atoms with van der Waals surface area (Å²) in [4.78, 5) is 28.9. The lowest BCUT2D eigenvalue weighted by molar-refractivity contribution is -0.141. The zero-order chi connectivity index (χ0) is 27.9. The van der Waals surface area contributed by atoms with Gasteiger partial charge in [-0.15, -0.1) is 0 Å². The van der Waals surface area contributed by atoms with Crippen LogP contribution in [0.15, 0.2) is 89.8 Å². The molecule has 1 N–H and O–H groups in total. The molecule has 0 radical (unpaired) electrons. The van der Waals surface area contributed by atoms with E-state index in [0.29, 0.717) is 12.1 Å². The third-order valence-corrected chi connectivity index (χ3v) is 7.76. The van der Waals surface area contributed by atoms with Crippen LogP contribution in [0.1, 0.15) is 45.2 Å². The van der Waals surface area contributed by atoms with Gasteiger partial charge in [0.1, 0.15) is 12.6 Å². The number of hydrogen-bond acceptors (Lipinski definition) is 4. The molecule has 202 valence electrons. The number of sulfonamides is 1. The first kappa shape index (κ1) is 28.9. The molecule has 3 aromatic carbocycles. The third kappa shape index (κ3) is 7.44. The van der Waals surface area contributed by atoms with Crippen LogP contribution in [0.2, 0.25) is 0 Å². The second-order valence-corrected chi connectivity index (χ2v) is 12.2. The molecule has 0 fully saturated rings. The quantitative estimate of drug-likeness (QED) is 0.400. The summed E-state index contributed by atoms with van der Waals surface area (Å²) in [5.74, 6) is -0.746. The maximum absolute atomic E-state index is 14.0. The molecule has 38 heavy (non-hydrogen) atoms. The Morgan fingerprint density at radius 2 is 1.50 bits per heavy atom. The van der Waals surface area contributed by atoms with Crippen molar-refractivity contribution >= 4 is 27.5 Å². The molecule has 0 aliphatic rings. The molecular weight excluding hydrogens is 498 g/mol. The fourth-order valence-corrected chi connectivity index (χ4v) is 5.66.